The van der Waals surface area contributed by atoms with E-state index in [0.717, 1.165) is 44.3 Å². The average molecular weight is 303 g/mol. The van der Waals surface area contributed by atoms with Crippen molar-refractivity contribution in [2.24, 2.45) is 5.92 Å². The Morgan fingerprint density at radius 1 is 1.18 bits per heavy atom. The first-order chi connectivity index (χ1) is 10.7. The van der Waals surface area contributed by atoms with Gasteiger partial charge >= 0.3 is 5.97 Å². The van der Waals surface area contributed by atoms with Crippen LogP contribution in [0.5, 0.6) is 0 Å². The van der Waals surface area contributed by atoms with Gasteiger partial charge in [-0.3, -0.25) is 9.59 Å². The molecule has 0 bridgehead atoms. The molecule has 120 valence electrons. The van der Waals surface area contributed by atoms with E-state index in [0.29, 0.717) is 18.8 Å². The number of nitrogens with zero attached hydrogens (tertiary/aromatic N) is 1. The summed E-state index contributed by atoms with van der Waals surface area (Å²) < 4.78 is 4.65. The van der Waals surface area contributed by atoms with Gasteiger partial charge in [-0.2, -0.15) is 0 Å². The van der Waals surface area contributed by atoms with Crippen molar-refractivity contribution in [2.75, 3.05) is 20.2 Å². The SMILES string of the molecule is COC(=O)CCCC1CCN(C(=O)Cc2ccccc2)CC1. The van der Waals surface area contributed by atoms with E-state index >= 15 is 0 Å². The summed E-state index contributed by atoms with van der Waals surface area (Å²) in [6.07, 6.45) is 5.02. The van der Waals surface area contributed by atoms with Crippen LogP contribution in [0.25, 0.3) is 0 Å². The van der Waals surface area contributed by atoms with Gasteiger partial charge in [-0.05, 0) is 37.2 Å². The minimum Gasteiger partial charge on any atom is -0.469 e. The number of carbonyl (C=O) groups excluding carboxylic acids is 2. The van der Waals surface area contributed by atoms with Crippen LogP contribution in [0.3, 0.4) is 0 Å². The molecular formula is C18H25NO3. The third-order valence-corrected chi connectivity index (χ3v) is 4.39. The fourth-order valence-electron chi connectivity index (χ4n) is 2.99. The number of amides is 1. The second-order valence-electron chi connectivity index (χ2n) is 5.95. The minimum atomic E-state index is -0.129. The summed E-state index contributed by atoms with van der Waals surface area (Å²) in [6.45, 7) is 1.68. The van der Waals surface area contributed by atoms with E-state index in [1.165, 1.54) is 7.11 Å². The number of carbonyl (C=O) groups is 2. The van der Waals surface area contributed by atoms with Crippen molar-refractivity contribution in [1.29, 1.82) is 0 Å². The topological polar surface area (TPSA) is 46.6 Å². The van der Waals surface area contributed by atoms with Crippen molar-refractivity contribution in [3.63, 3.8) is 0 Å². The molecule has 0 atom stereocenters. The molecule has 0 aromatic heterocycles. The summed E-state index contributed by atoms with van der Waals surface area (Å²) in [5.74, 6) is 0.722. The first-order valence-corrected chi connectivity index (χ1v) is 8.07. The first kappa shape index (κ1) is 16.5. The lowest BCUT2D eigenvalue weighted by atomic mass is 9.91. The highest BCUT2D eigenvalue weighted by molar-refractivity contribution is 5.78. The summed E-state index contributed by atoms with van der Waals surface area (Å²) in [7, 11) is 1.43. The third kappa shape index (κ3) is 5.17. The van der Waals surface area contributed by atoms with Gasteiger partial charge in [0.05, 0.1) is 13.5 Å². The Morgan fingerprint density at radius 2 is 1.86 bits per heavy atom. The molecule has 1 fully saturated rings. The van der Waals surface area contributed by atoms with Crippen LogP contribution in [0, 0.1) is 5.92 Å². The Labute approximate surface area is 132 Å². The second kappa shape index (κ2) is 8.57. The number of rotatable bonds is 6. The van der Waals surface area contributed by atoms with Crippen molar-refractivity contribution in [2.45, 2.75) is 38.5 Å². The van der Waals surface area contributed by atoms with E-state index in [9.17, 15) is 9.59 Å². The highest BCUT2D eigenvalue weighted by atomic mass is 16.5. The van der Waals surface area contributed by atoms with E-state index in [-0.39, 0.29) is 11.9 Å². The van der Waals surface area contributed by atoms with Crippen LogP contribution < -0.4 is 0 Å². The highest BCUT2D eigenvalue weighted by Gasteiger charge is 2.22. The molecule has 4 heteroatoms. The summed E-state index contributed by atoms with van der Waals surface area (Å²) in [6, 6.07) is 9.90. The van der Waals surface area contributed by atoms with Gasteiger partial charge in [0.25, 0.3) is 0 Å². The monoisotopic (exact) mass is 303 g/mol. The molecule has 1 aliphatic rings. The van der Waals surface area contributed by atoms with Crippen LogP contribution in [-0.4, -0.2) is 37.0 Å². The molecule has 0 aliphatic carbocycles. The highest BCUT2D eigenvalue weighted by Crippen LogP contribution is 2.23. The number of likely N-dealkylation sites (tertiary alicyclic amines) is 1. The number of hydrogen-bond acceptors (Lipinski definition) is 3. The minimum absolute atomic E-state index is 0.129. The molecular weight excluding hydrogens is 278 g/mol. The quantitative estimate of drug-likeness (QED) is 0.759. The number of ether oxygens (including phenoxy) is 1. The van der Waals surface area contributed by atoms with Crippen molar-refractivity contribution in [3.05, 3.63) is 35.9 Å². The first-order valence-electron chi connectivity index (χ1n) is 8.07. The lowest BCUT2D eigenvalue weighted by Crippen LogP contribution is -2.39. The molecule has 2 rings (SSSR count). The molecule has 1 aromatic rings. The maximum absolute atomic E-state index is 12.3. The molecule has 1 heterocycles. The summed E-state index contributed by atoms with van der Waals surface area (Å²) in [4.78, 5) is 25.4. The predicted octanol–water partition coefficient (Wildman–Crippen LogP) is 2.81. The predicted molar refractivity (Wildman–Crippen MR) is 85.3 cm³/mol. The molecule has 0 spiro atoms. The maximum Gasteiger partial charge on any atom is 0.305 e. The van der Waals surface area contributed by atoms with Gasteiger partial charge in [0.1, 0.15) is 0 Å². The van der Waals surface area contributed by atoms with Gasteiger partial charge in [0.2, 0.25) is 5.91 Å². The van der Waals surface area contributed by atoms with Crippen LogP contribution in [0.2, 0.25) is 0 Å². The van der Waals surface area contributed by atoms with E-state index in [1.807, 2.05) is 35.2 Å². The Kier molecular flexibility index (Phi) is 6.44. The lowest BCUT2D eigenvalue weighted by Gasteiger charge is -2.32. The van der Waals surface area contributed by atoms with E-state index in [4.69, 9.17) is 0 Å². The van der Waals surface area contributed by atoms with E-state index in [2.05, 4.69) is 4.74 Å². The largest absolute Gasteiger partial charge is 0.469 e. The summed E-state index contributed by atoms with van der Waals surface area (Å²) in [5, 5.41) is 0. The van der Waals surface area contributed by atoms with Gasteiger partial charge in [-0.25, -0.2) is 0 Å². The Hall–Kier alpha value is -1.84. The van der Waals surface area contributed by atoms with E-state index in [1.54, 1.807) is 0 Å². The van der Waals surface area contributed by atoms with Crippen molar-refractivity contribution >= 4 is 11.9 Å². The lowest BCUT2D eigenvalue weighted by molar-refractivity contribution is -0.140. The molecule has 1 saturated heterocycles. The smallest absolute Gasteiger partial charge is 0.305 e. The molecule has 0 saturated carbocycles. The number of hydrogen-bond donors (Lipinski definition) is 0. The van der Waals surface area contributed by atoms with Gasteiger partial charge in [-0.15, -0.1) is 0 Å². The number of piperidine rings is 1. The summed E-state index contributed by atoms with van der Waals surface area (Å²) in [5.41, 5.74) is 1.08. The van der Waals surface area contributed by atoms with Crippen molar-refractivity contribution < 1.29 is 14.3 Å². The second-order valence-corrected chi connectivity index (χ2v) is 5.95. The number of benzene rings is 1. The Balaban J connectivity index is 1.68. The Bertz CT molecular complexity index is 478. The normalized spacial score (nSPS) is 15.6. The standard InChI is InChI=1S/C18H25NO3/c1-22-18(21)9-5-8-15-10-12-19(13-11-15)17(20)14-16-6-3-2-4-7-16/h2-4,6-7,15H,5,8-14H2,1H3. The molecule has 1 amide bonds. The fraction of sp³-hybridized carbons (Fsp3) is 0.556. The molecule has 22 heavy (non-hydrogen) atoms. The van der Waals surface area contributed by atoms with E-state index < -0.39 is 0 Å². The molecule has 0 radical (unpaired) electrons. The molecule has 4 nitrogen and oxygen atoms in total. The maximum atomic E-state index is 12.3. The van der Waals surface area contributed by atoms with Gasteiger partial charge in [0, 0.05) is 19.5 Å². The zero-order valence-electron chi connectivity index (χ0n) is 13.3. The van der Waals surface area contributed by atoms with Crippen molar-refractivity contribution in [1.82, 2.24) is 4.90 Å². The third-order valence-electron chi connectivity index (χ3n) is 4.39. The number of methoxy groups -OCH3 is 1. The molecule has 1 aliphatic heterocycles. The van der Waals surface area contributed by atoms with Crippen LogP contribution in [0.4, 0.5) is 0 Å². The van der Waals surface area contributed by atoms with Gasteiger partial charge in [0.15, 0.2) is 0 Å². The molecule has 1 aromatic carbocycles. The van der Waals surface area contributed by atoms with Gasteiger partial charge in [-0.1, -0.05) is 30.3 Å². The zero-order valence-corrected chi connectivity index (χ0v) is 13.3. The molecule has 0 N–H and O–H groups in total. The van der Waals surface area contributed by atoms with Crippen LogP contribution in [-0.2, 0) is 20.7 Å². The van der Waals surface area contributed by atoms with Crippen LogP contribution in [0.1, 0.15) is 37.7 Å². The Morgan fingerprint density at radius 3 is 2.50 bits per heavy atom. The number of esters is 1. The molecule has 0 unspecified atom stereocenters. The fourth-order valence-corrected chi connectivity index (χ4v) is 2.99. The zero-order chi connectivity index (χ0) is 15.8. The summed E-state index contributed by atoms with van der Waals surface area (Å²) >= 11 is 0. The average Bonchev–Trinajstić information content (AvgIpc) is 2.56. The van der Waals surface area contributed by atoms with Crippen LogP contribution in [0.15, 0.2) is 30.3 Å². The van der Waals surface area contributed by atoms with Crippen LogP contribution >= 0.6 is 0 Å². The van der Waals surface area contributed by atoms with Gasteiger partial charge < -0.3 is 9.64 Å². The van der Waals surface area contributed by atoms with Crippen molar-refractivity contribution in [3.8, 4) is 0 Å².